The lowest BCUT2D eigenvalue weighted by molar-refractivity contribution is 0.545. The second-order valence-electron chi connectivity index (χ2n) is 4.40. The van der Waals surface area contributed by atoms with Gasteiger partial charge in [-0.2, -0.15) is 0 Å². The van der Waals surface area contributed by atoms with Crippen LogP contribution in [0.1, 0.15) is 24.5 Å². The third-order valence-electron chi connectivity index (χ3n) is 2.33. The van der Waals surface area contributed by atoms with Gasteiger partial charge < -0.3 is 9.73 Å². The lowest BCUT2D eigenvalue weighted by Crippen LogP contribution is -2.19. The molecule has 0 amide bonds. The predicted octanol–water partition coefficient (Wildman–Crippen LogP) is 2.85. The van der Waals surface area contributed by atoms with Gasteiger partial charge in [0, 0.05) is 12.7 Å². The number of thiazole rings is 1. The summed E-state index contributed by atoms with van der Waals surface area (Å²) in [6, 6.07) is 0. The fourth-order valence-electron chi connectivity index (χ4n) is 1.54. The molecule has 0 aliphatic heterocycles. The smallest absolute Gasteiger partial charge is 0.181 e. The van der Waals surface area contributed by atoms with E-state index in [0.29, 0.717) is 5.92 Å². The summed E-state index contributed by atoms with van der Waals surface area (Å²) in [4.78, 5) is 9.52. The van der Waals surface area contributed by atoms with Gasteiger partial charge in [0.1, 0.15) is 5.69 Å². The molecule has 92 valence electrons. The van der Waals surface area contributed by atoms with E-state index in [1.807, 2.05) is 13.1 Å². The molecule has 0 bridgehead atoms. The van der Waals surface area contributed by atoms with Crippen LogP contribution in [0.4, 0.5) is 0 Å². The fraction of sp³-hybridized carbons (Fsp3) is 0.500. The van der Waals surface area contributed by atoms with Crippen molar-refractivity contribution in [2.75, 3.05) is 6.54 Å². The van der Waals surface area contributed by atoms with Gasteiger partial charge in [-0.05, 0) is 19.4 Å². The molecule has 2 aromatic heterocycles. The maximum Gasteiger partial charge on any atom is 0.181 e. The second kappa shape index (κ2) is 5.42. The maximum absolute atomic E-state index is 5.44. The number of rotatable bonds is 5. The molecule has 0 aromatic carbocycles. The normalized spacial score (nSPS) is 11.3. The van der Waals surface area contributed by atoms with Gasteiger partial charge in [-0.3, -0.25) is 0 Å². The van der Waals surface area contributed by atoms with E-state index in [0.717, 1.165) is 34.4 Å². The molecule has 0 unspecified atom stereocenters. The summed E-state index contributed by atoms with van der Waals surface area (Å²) in [5.41, 5.74) is 0.953. The lowest BCUT2D eigenvalue weighted by atomic mass is 10.2. The highest BCUT2D eigenvalue weighted by atomic mass is 32.1. The first-order valence-corrected chi connectivity index (χ1v) is 6.54. The fourth-order valence-corrected chi connectivity index (χ4v) is 2.33. The number of oxazole rings is 1. The molecule has 0 radical (unpaired) electrons. The van der Waals surface area contributed by atoms with Gasteiger partial charge in [-0.1, -0.05) is 13.8 Å². The minimum atomic E-state index is 0.635. The van der Waals surface area contributed by atoms with Gasteiger partial charge in [-0.15, -0.1) is 11.3 Å². The van der Waals surface area contributed by atoms with Crippen LogP contribution in [-0.2, 0) is 6.54 Å². The SMILES string of the molecule is Cc1ncc(-c2ocnc2CNCC(C)C)s1. The van der Waals surface area contributed by atoms with Crippen LogP contribution in [0.5, 0.6) is 0 Å². The molecule has 1 N–H and O–H groups in total. The predicted molar refractivity (Wildman–Crippen MR) is 68.9 cm³/mol. The molecular formula is C12H17N3OS. The number of aryl methyl sites for hydroxylation is 1. The molecule has 17 heavy (non-hydrogen) atoms. The molecule has 0 aliphatic rings. The van der Waals surface area contributed by atoms with Gasteiger partial charge in [0.2, 0.25) is 0 Å². The van der Waals surface area contributed by atoms with E-state index < -0.39 is 0 Å². The molecule has 5 heteroatoms. The van der Waals surface area contributed by atoms with Crippen molar-refractivity contribution in [1.29, 1.82) is 0 Å². The minimum Gasteiger partial charge on any atom is -0.442 e. The van der Waals surface area contributed by atoms with Gasteiger partial charge >= 0.3 is 0 Å². The van der Waals surface area contributed by atoms with Gasteiger partial charge in [0.05, 0.1) is 9.88 Å². The third kappa shape index (κ3) is 3.14. The molecule has 0 saturated carbocycles. The van der Waals surface area contributed by atoms with Gasteiger partial charge in [0.25, 0.3) is 0 Å². The minimum absolute atomic E-state index is 0.635. The van der Waals surface area contributed by atoms with E-state index in [1.54, 1.807) is 11.3 Å². The van der Waals surface area contributed by atoms with Crippen LogP contribution >= 0.6 is 11.3 Å². The molecular weight excluding hydrogens is 234 g/mol. The Balaban J connectivity index is 2.07. The van der Waals surface area contributed by atoms with E-state index in [2.05, 4.69) is 29.1 Å². The summed E-state index contributed by atoms with van der Waals surface area (Å²) >= 11 is 1.63. The van der Waals surface area contributed by atoms with Crippen molar-refractivity contribution in [1.82, 2.24) is 15.3 Å². The van der Waals surface area contributed by atoms with Crippen LogP contribution in [0.25, 0.3) is 10.6 Å². The highest BCUT2D eigenvalue weighted by Gasteiger charge is 2.12. The molecule has 0 atom stereocenters. The van der Waals surface area contributed by atoms with Crippen LogP contribution < -0.4 is 5.32 Å². The number of nitrogens with zero attached hydrogens (tertiary/aromatic N) is 2. The lowest BCUT2D eigenvalue weighted by Gasteiger charge is -2.05. The molecule has 2 heterocycles. The van der Waals surface area contributed by atoms with Crippen molar-refractivity contribution in [3.63, 3.8) is 0 Å². The van der Waals surface area contributed by atoms with Gasteiger partial charge in [-0.25, -0.2) is 9.97 Å². The van der Waals surface area contributed by atoms with Crippen molar-refractivity contribution in [2.45, 2.75) is 27.3 Å². The zero-order valence-electron chi connectivity index (χ0n) is 10.4. The molecule has 0 aliphatic carbocycles. The van der Waals surface area contributed by atoms with Crippen molar-refractivity contribution >= 4 is 11.3 Å². The largest absolute Gasteiger partial charge is 0.442 e. The third-order valence-corrected chi connectivity index (χ3v) is 3.24. The Labute approximate surface area is 105 Å². The summed E-state index contributed by atoms with van der Waals surface area (Å²) in [7, 11) is 0. The first-order valence-electron chi connectivity index (χ1n) is 5.72. The summed E-state index contributed by atoms with van der Waals surface area (Å²) in [6.45, 7) is 8.07. The van der Waals surface area contributed by atoms with Gasteiger partial charge in [0.15, 0.2) is 12.2 Å². The van der Waals surface area contributed by atoms with Crippen LogP contribution in [0.3, 0.4) is 0 Å². The maximum atomic E-state index is 5.44. The molecule has 2 rings (SSSR count). The quantitative estimate of drug-likeness (QED) is 0.887. The average Bonchev–Trinajstić information content (AvgIpc) is 2.86. The standard InChI is InChI=1S/C12H17N3OS/c1-8(2)4-13-5-10-12(16-7-15-10)11-6-14-9(3)17-11/h6-8,13H,4-5H2,1-3H3. The zero-order valence-corrected chi connectivity index (χ0v) is 11.2. The Bertz CT molecular complexity index is 476. The van der Waals surface area contributed by atoms with Crippen LogP contribution in [0.15, 0.2) is 17.0 Å². The van der Waals surface area contributed by atoms with Crippen LogP contribution in [0.2, 0.25) is 0 Å². The van der Waals surface area contributed by atoms with Crippen LogP contribution in [-0.4, -0.2) is 16.5 Å². The molecule has 0 saturated heterocycles. The number of nitrogens with one attached hydrogen (secondary N) is 1. The van der Waals surface area contributed by atoms with E-state index in [4.69, 9.17) is 4.42 Å². The van der Waals surface area contributed by atoms with Crippen molar-refractivity contribution < 1.29 is 4.42 Å². The van der Waals surface area contributed by atoms with Crippen LogP contribution in [0, 0.1) is 12.8 Å². The second-order valence-corrected chi connectivity index (χ2v) is 5.63. The summed E-state index contributed by atoms with van der Waals surface area (Å²) in [5, 5.41) is 4.41. The van der Waals surface area contributed by atoms with E-state index in [9.17, 15) is 0 Å². The first-order chi connectivity index (χ1) is 8.16. The highest BCUT2D eigenvalue weighted by Crippen LogP contribution is 2.28. The van der Waals surface area contributed by atoms with E-state index in [1.165, 1.54) is 6.39 Å². The average molecular weight is 251 g/mol. The van der Waals surface area contributed by atoms with Crippen molar-refractivity contribution in [2.24, 2.45) is 5.92 Å². The molecule has 4 nitrogen and oxygen atoms in total. The Morgan fingerprint density at radius 3 is 2.88 bits per heavy atom. The zero-order chi connectivity index (χ0) is 12.3. The Hall–Kier alpha value is -1.20. The topological polar surface area (TPSA) is 51.0 Å². The molecule has 0 spiro atoms. The number of hydrogen-bond acceptors (Lipinski definition) is 5. The monoisotopic (exact) mass is 251 g/mol. The van der Waals surface area contributed by atoms with E-state index in [-0.39, 0.29) is 0 Å². The Morgan fingerprint density at radius 1 is 1.41 bits per heavy atom. The Kier molecular flexibility index (Phi) is 3.91. The Morgan fingerprint density at radius 2 is 2.24 bits per heavy atom. The first kappa shape index (κ1) is 12.3. The summed E-state index contributed by atoms with van der Waals surface area (Å²) in [6.07, 6.45) is 3.34. The molecule has 2 aromatic rings. The summed E-state index contributed by atoms with van der Waals surface area (Å²) in [5.74, 6) is 1.47. The van der Waals surface area contributed by atoms with Crippen molar-refractivity contribution in [3.8, 4) is 10.6 Å². The van der Waals surface area contributed by atoms with Crippen molar-refractivity contribution in [3.05, 3.63) is 23.3 Å². The molecule has 0 fully saturated rings. The number of hydrogen-bond donors (Lipinski definition) is 1. The van der Waals surface area contributed by atoms with E-state index >= 15 is 0 Å². The summed E-state index contributed by atoms with van der Waals surface area (Å²) < 4.78 is 5.44. The highest BCUT2D eigenvalue weighted by molar-refractivity contribution is 7.15. The number of aromatic nitrogens is 2.